The number of hydrogen-bond acceptors (Lipinski definition) is 4. The molecule has 2 N–H and O–H groups in total. The fraction of sp³-hybridized carbons (Fsp3) is 0. The average molecular weight is 467 g/mol. The molecule has 0 radical (unpaired) electrons. The van der Waals surface area contributed by atoms with Gasteiger partial charge < -0.3 is 9.52 Å². The number of hydrazone groups is 1. The average Bonchev–Trinajstić information content (AvgIpc) is 3.05. The Balaban J connectivity index is 1.70. The van der Waals surface area contributed by atoms with E-state index in [0.29, 0.717) is 11.4 Å². The number of carboxylic acid groups (broad SMARTS) is 1. The van der Waals surface area contributed by atoms with E-state index >= 15 is 0 Å². The van der Waals surface area contributed by atoms with Gasteiger partial charge in [-0.2, -0.15) is 5.10 Å². The molecule has 0 bridgehead atoms. The summed E-state index contributed by atoms with van der Waals surface area (Å²) in [6.45, 7) is 0. The molecule has 3 rings (SSSR count). The summed E-state index contributed by atoms with van der Waals surface area (Å²) in [5.74, 6) is 0.233. The summed E-state index contributed by atoms with van der Waals surface area (Å²) in [5.41, 5.74) is 4.27. The van der Waals surface area contributed by atoms with Crippen molar-refractivity contribution in [2.75, 3.05) is 5.43 Å². The maximum Gasteiger partial charge on any atom is 0.337 e. The van der Waals surface area contributed by atoms with Crippen molar-refractivity contribution in [3.05, 3.63) is 74.5 Å². The van der Waals surface area contributed by atoms with Gasteiger partial charge in [0.1, 0.15) is 11.5 Å². The molecule has 126 valence electrons. The Hall–Kier alpha value is -2.32. The highest BCUT2D eigenvalue weighted by Gasteiger charge is 2.09. The zero-order valence-electron chi connectivity index (χ0n) is 12.7. The minimum absolute atomic E-state index is 0.0147. The summed E-state index contributed by atoms with van der Waals surface area (Å²) in [5, 5.41) is 13.3. The number of nitrogens with zero attached hydrogens (tertiary/aromatic N) is 1. The summed E-state index contributed by atoms with van der Waals surface area (Å²) in [7, 11) is 0. The summed E-state index contributed by atoms with van der Waals surface area (Å²) in [4.78, 5) is 11.1. The quantitative estimate of drug-likeness (QED) is 0.302. The van der Waals surface area contributed by atoms with Crippen molar-refractivity contribution in [1.82, 2.24) is 0 Å². The van der Waals surface area contributed by atoms with Crippen molar-refractivity contribution in [1.29, 1.82) is 0 Å². The number of hydrogen-bond donors (Lipinski definition) is 2. The number of carboxylic acids is 1. The number of benzene rings is 2. The first-order chi connectivity index (χ1) is 12.0. The lowest BCUT2D eigenvalue weighted by atomic mass is 10.2. The molecule has 25 heavy (non-hydrogen) atoms. The third kappa shape index (κ3) is 4.40. The van der Waals surface area contributed by atoms with Gasteiger partial charge in [-0.05, 0) is 65.1 Å². The molecule has 0 aliphatic carbocycles. The minimum Gasteiger partial charge on any atom is -0.478 e. The SMILES string of the molecule is O=C(O)c1cc(NN=Cc2ccc(-c3ccc(I)cc3)o2)ccc1Cl. The van der Waals surface area contributed by atoms with Gasteiger partial charge in [-0.15, -0.1) is 0 Å². The number of rotatable bonds is 5. The monoisotopic (exact) mass is 466 g/mol. The van der Waals surface area contributed by atoms with Crippen LogP contribution in [0.5, 0.6) is 0 Å². The second-order valence-corrected chi connectivity index (χ2v) is 6.73. The molecule has 0 atom stereocenters. The third-order valence-electron chi connectivity index (χ3n) is 3.34. The molecule has 2 aromatic carbocycles. The topological polar surface area (TPSA) is 74.8 Å². The van der Waals surface area contributed by atoms with Crippen molar-refractivity contribution in [3.8, 4) is 11.3 Å². The van der Waals surface area contributed by atoms with Crippen LogP contribution in [-0.4, -0.2) is 17.3 Å². The Morgan fingerprint density at radius 3 is 2.64 bits per heavy atom. The van der Waals surface area contributed by atoms with Gasteiger partial charge in [0.25, 0.3) is 0 Å². The van der Waals surface area contributed by atoms with Gasteiger partial charge in [0.15, 0.2) is 0 Å². The van der Waals surface area contributed by atoms with Crippen molar-refractivity contribution >= 4 is 52.1 Å². The Kier molecular flexibility index (Phi) is 5.40. The number of furan rings is 1. The van der Waals surface area contributed by atoms with E-state index in [1.165, 1.54) is 18.3 Å². The predicted molar refractivity (Wildman–Crippen MR) is 106 cm³/mol. The lowest BCUT2D eigenvalue weighted by Crippen LogP contribution is -1.99. The van der Waals surface area contributed by atoms with Crippen LogP contribution in [0.3, 0.4) is 0 Å². The van der Waals surface area contributed by atoms with E-state index in [0.717, 1.165) is 14.9 Å². The molecule has 3 aromatic rings. The molecule has 0 spiro atoms. The fourth-order valence-corrected chi connectivity index (χ4v) is 2.68. The maximum atomic E-state index is 11.1. The lowest BCUT2D eigenvalue weighted by Gasteiger charge is -2.03. The molecule has 0 saturated carbocycles. The van der Waals surface area contributed by atoms with Gasteiger partial charge in [-0.3, -0.25) is 5.43 Å². The predicted octanol–water partition coefficient (Wildman–Crippen LogP) is 5.35. The molecule has 0 aliphatic rings. The molecular formula is C18H12ClIN2O3. The highest BCUT2D eigenvalue weighted by molar-refractivity contribution is 14.1. The maximum absolute atomic E-state index is 11.1. The summed E-state index contributed by atoms with van der Waals surface area (Å²) >= 11 is 8.08. The highest BCUT2D eigenvalue weighted by atomic mass is 127. The van der Waals surface area contributed by atoms with E-state index in [9.17, 15) is 4.79 Å². The van der Waals surface area contributed by atoms with Gasteiger partial charge in [0.2, 0.25) is 0 Å². The molecular weight excluding hydrogens is 455 g/mol. The number of aromatic carboxylic acids is 1. The van der Waals surface area contributed by atoms with Gasteiger partial charge in [-0.25, -0.2) is 4.79 Å². The second kappa shape index (κ2) is 7.71. The first-order valence-electron chi connectivity index (χ1n) is 7.20. The molecule has 0 amide bonds. The molecule has 0 aliphatic heterocycles. The minimum atomic E-state index is -1.09. The molecule has 0 saturated heterocycles. The van der Waals surface area contributed by atoms with Crippen LogP contribution in [0.15, 0.2) is 64.1 Å². The number of halogens is 2. The van der Waals surface area contributed by atoms with Crippen molar-refractivity contribution in [2.45, 2.75) is 0 Å². The number of carbonyl (C=O) groups is 1. The van der Waals surface area contributed by atoms with E-state index in [1.807, 2.05) is 36.4 Å². The van der Waals surface area contributed by atoms with Gasteiger partial charge in [-0.1, -0.05) is 23.7 Å². The van der Waals surface area contributed by atoms with Crippen LogP contribution in [0, 0.1) is 3.57 Å². The van der Waals surface area contributed by atoms with E-state index in [2.05, 4.69) is 33.1 Å². The van der Waals surface area contributed by atoms with Gasteiger partial charge in [0.05, 0.1) is 22.5 Å². The van der Waals surface area contributed by atoms with Gasteiger partial charge >= 0.3 is 5.97 Å². The Labute approximate surface area is 162 Å². The van der Waals surface area contributed by atoms with Crippen molar-refractivity contribution in [2.24, 2.45) is 5.10 Å². The zero-order chi connectivity index (χ0) is 17.8. The van der Waals surface area contributed by atoms with Crippen LogP contribution in [0.2, 0.25) is 5.02 Å². The molecule has 0 fully saturated rings. The molecule has 5 nitrogen and oxygen atoms in total. The van der Waals surface area contributed by atoms with Crippen LogP contribution in [0.1, 0.15) is 16.1 Å². The Morgan fingerprint density at radius 2 is 1.92 bits per heavy atom. The lowest BCUT2D eigenvalue weighted by molar-refractivity contribution is 0.0697. The van der Waals surface area contributed by atoms with Crippen LogP contribution >= 0.6 is 34.2 Å². The van der Waals surface area contributed by atoms with E-state index in [1.54, 1.807) is 6.07 Å². The first kappa shape index (κ1) is 17.5. The molecule has 1 heterocycles. The molecule has 1 aromatic heterocycles. The van der Waals surface area contributed by atoms with Crippen LogP contribution in [-0.2, 0) is 0 Å². The standard InChI is InChI=1S/C18H12ClIN2O3/c19-16-7-5-13(9-15(16)18(23)24)22-21-10-14-6-8-17(25-14)11-1-3-12(20)4-2-11/h1-10,22H,(H,23,24). The Bertz CT molecular complexity index is 936. The van der Waals surface area contributed by atoms with E-state index < -0.39 is 5.97 Å². The van der Waals surface area contributed by atoms with E-state index in [-0.39, 0.29) is 10.6 Å². The van der Waals surface area contributed by atoms with Crippen molar-refractivity contribution in [3.63, 3.8) is 0 Å². The number of anilines is 1. The highest BCUT2D eigenvalue weighted by Crippen LogP contribution is 2.23. The number of nitrogens with one attached hydrogen (secondary N) is 1. The molecule has 7 heteroatoms. The van der Waals surface area contributed by atoms with Crippen LogP contribution < -0.4 is 5.43 Å². The van der Waals surface area contributed by atoms with Crippen molar-refractivity contribution < 1.29 is 14.3 Å². The second-order valence-electron chi connectivity index (χ2n) is 5.08. The largest absolute Gasteiger partial charge is 0.478 e. The molecule has 0 unspecified atom stereocenters. The first-order valence-corrected chi connectivity index (χ1v) is 8.66. The third-order valence-corrected chi connectivity index (χ3v) is 4.39. The summed E-state index contributed by atoms with van der Waals surface area (Å²) in [6.07, 6.45) is 1.52. The normalized spacial score (nSPS) is 11.0. The fourth-order valence-electron chi connectivity index (χ4n) is 2.12. The summed E-state index contributed by atoms with van der Waals surface area (Å²) < 4.78 is 6.88. The van der Waals surface area contributed by atoms with E-state index in [4.69, 9.17) is 21.1 Å². The smallest absolute Gasteiger partial charge is 0.337 e. The Morgan fingerprint density at radius 1 is 1.16 bits per heavy atom. The zero-order valence-corrected chi connectivity index (χ0v) is 15.7. The van der Waals surface area contributed by atoms with Crippen LogP contribution in [0.4, 0.5) is 5.69 Å². The van der Waals surface area contributed by atoms with Gasteiger partial charge in [0, 0.05) is 9.13 Å². The van der Waals surface area contributed by atoms with Crippen LogP contribution in [0.25, 0.3) is 11.3 Å². The summed E-state index contributed by atoms with van der Waals surface area (Å²) in [6, 6.07) is 16.2.